The van der Waals surface area contributed by atoms with Crippen LogP contribution in [0.2, 0.25) is 10.0 Å². The van der Waals surface area contributed by atoms with Crippen molar-refractivity contribution in [2.24, 2.45) is 5.10 Å². The molecule has 0 radical (unpaired) electrons. The number of hydrogen-bond acceptors (Lipinski definition) is 5. The van der Waals surface area contributed by atoms with Gasteiger partial charge < -0.3 is 0 Å². The molecule has 0 spiro atoms. The molecule has 0 bridgehead atoms. The van der Waals surface area contributed by atoms with Crippen LogP contribution >= 0.6 is 23.2 Å². The third-order valence-corrected chi connectivity index (χ3v) is 3.36. The van der Waals surface area contributed by atoms with Crippen LogP contribution in [0.25, 0.3) is 5.69 Å². The van der Waals surface area contributed by atoms with Crippen molar-refractivity contribution in [3.63, 3.8) is 0 Å². The van der Waals surface area contributed by atoms with Gasteiger partial charge >= 0.3 is 0 Å². The molecule has 0 aliphatic rings. The van der Waals surface area contributed by atoms with Crippen molar-refractivity contribution in [1.29, 1.82) is 0 Å². The summed E-state index contributed by atoms with van der Waals surface area (Å²) in [7, 11) is 0. The molecule has 0 saturated heterocycles. The summed E-state index contributed by atoms with van der Waals surface area (Å²) in [6.45, 7) is 0. The Morgan fingerprint density at radius 3 is 2.58 bits per heavy atom. The monoisotopic (exact) mass is 360 g/mol. The maximum Gasteiger partial charge on any atom is 0.271 e. The van der Waals surface area contributed by atoms with Gasteiger partial charge in [-0.3, -0.25) is 9.78 Å². The first-order chi connectivity index (χ1) is 11.6. The summed E-state index contributed by atoms with van der Waals surface area (Å²) in [4.78, 5) is 15.7. The standard InChI is InChI=1S/C15H10Cl2N6O/c16-11-5-12(17)7-14(6-11)23-9-13(20-22-23)8-19-21-15(24)10-1-3-18-4-2-10/h1-9H,(H,21,24)/b19-8+. The normalized spacial score (nSPS) is 10.9. The van der Waals surface area contributed by atoms with Gasteiger partial charge in [-0.2, -0.15) is 5.10 Å². The number of aromatic nitrogens is 4. The highest BCUT2D eigenvalue weighted by atomic mass is 35.5. The van der Waals surface area contributed by atoms with Crippen LogP contribution in [0.4, 0.5) is 0 Å². The fourth-order valence-electron chi connectivity index (χ4n) is 1.86. The molecule has 1 N–H and O–H groups in total. The summed E-state index contributed by atoms with van der Waals surface area (Å²) in [5, 5.41) is 12.7. The zero-order chi connectivity index (χ0) is 16.9. The molecule has 0 aliphatic carbocycles. The van der Waals surface area contributed by atoms with Gasteiger partial charge in [-0.15, -0.1) is 5.10 Å². The average molecular weight is 361 g/mol. The van der Waals surface area contributed by atoms with Crippen LogP contribution in [0.1, 0.15) is 16.1 Å². The number of benzene rings is 1. The van der Waals surface area contributed by atoms with Crippen LogP contribution in [0.5, 0.6) is 0 Å². The summed E-state index contributed by atoms with van der Waals surface area (Å²) < 4.78 is 1.50. The molecule has 1 aromatic carbocycles. The smallest absolute Gasteiger partial charge is 0.267 e. The van der Waals surface area contributed by atoms with Gasteiger partial charge in [-0.05, 0) is 30.3 Å². The lowest BCUT2D eigenvalue weighted by molar-refractivity contribution is 0.0955. The van der Waals surface area contributed by atoms with Crippen molar-refractivity contribution in [2.75, 3.05) is 0 Å². The number of carbonyl (C=O) groups is 1. The Hall–Kier alpha value is -2.77. The Bertz CT molecular complexity index is 874. The zero-order valence-electron chi connectivity index (χ0n) is 12.1. The average Bonchev–Trinajstić information content (AvgIpc) is 3.04. The van der Waals surface area contributed by atoms with E-state index in [1.165, 1.54) is 23.3 Å². The van der Waals surface area contributed by atoms with E-state index in [1.54, 1.807) is 36.5 Å². The maximum absolute atomic E-state index is 11.8. The molecule has 1 amide bonds. The van der Waals surface area contributed by atoms with E-state index >= 15 is 0 Å². The van der Waals surface area contributed by atoms with Crippen LogP contribution in [0.15, 0.2) is 54.0 Å². The van der Waals surface area contributed by atoms with E-state index in [1.807, 2.05) is 0 Å². The second-order valence-electron chi connectivity index (χ2n) is 4.65. The zero-order valence-corrected chi connectivity index (χ0v) is 13.6. The molecule has 3 rings (SSSR count). The van der Waals surface area contributed by atoms with Crippen LogP contribution < -0.4 is 5.43 Å². The van der Waals surface area contributed by atoms with Crippen molar-refractivity contribution < 1.29 is 4.79 Å². The van der Waals surface area contributed by atoms with E-state index in [9.17, 15) is 4.79 Å². The summed E-state index contributed by atoms with van der Waals surface area (Å²) in [6, 6.07) is 8.21. The van der Waals surface area contributed by atoms with Gasteiger partial charge in [-0.25, -0.2) is 10.1 Å². The van der Waals surface area contributed by atoms with Gasteiger partial charge in [0.25, 0.3) is 5.91 Å². The number of carbonyl (C=O) groups excluding carboxylic acids is 1. The Balaban J connectivity index is 1.69. The van der Waals surface area contributed by atoms with E-state index in [0.29, 0.717) is 27.0 Å². The van der Waals surface area contributed by atoms with Crippen LogP contribution in [-0.2, 0) is 0 Å². The quantitative estimate of drug-likeness (QED) is 0.572. The number of halogens is 2. The van der Waals surface area contributed by atoms with E-state index in [4.69, 9.17) is 23.2 Å². The molecule has 24 heavy (non-hydrogen) atoms. The molecule has 0 saturated carbocycles. The van der Waals surface area contributed by atoms with Gasteiger partial charge in [0.05, 0.1) is 18.1 Å². The molecule has 0 aliphatic heterocycles. The number of hydrogen-bond donors (Lipinski definition) is 1. The highest BCUT2D eigenvalue weighted by Gasteiger charge is 2.05. The van der Waals surface area contributed by atoms with Crippen molar-refractivity contribution in [3.8, 4) is 5.69 Å². The number of nitrogens with one attached hydrogen (secondary N) is 1. The minimum Gasteiger partial charge on any atom is -0.267 e. The molecule has 7 nitrogen and oxygen atoms in total. The highest BCUT2D eigenvalue weighted by molar-refractivity contribution is 6.34. The molecule has 2 aromatic heterocycles. The number of amides is 1. The molecular formula is C15H10Cl2N6O. The van der Waals surface area contributed by atoms with Gasteiger partial charge in [0.2, 0.25) is 0 Å². The van der Waals surface area contributed by atoms with Crippen LogP contribution in [0, 0.1) is 0 Å². The first-order valence-corrected chi connectivity index (χ1v) is 7.50. The minimum absolute atomic E-state index is 0.345. The predicted octanol–water partition coefficient (Wildman–Crippen LogP) is 2.73. The second-order valence-corrected chi connectivity index (χ2v) is 5.52. The first-order valence-electron chi connectivity index (χ1n) is 6.74. The summed E-state index contributed by atoms with van der Waals surface area (Å²) in [6.07, 6.45) is 6.07. The fourth-order valence-corrected chi connectivity index (χ4v) is 2.37. The Morgan fingerprint density at radius 1 is 1.17 bits per heavy atom. The number of pyridine rings is 1. The van der Waals surface area contributed by atoms with Crippen molar-refractivity contribution in [2.45, 2.75) is 0 Å². The highest BCUT2D eigenvalue weighted by Crippen LogP contribution is 2.21. The summed E-state index contributed by atoms with van der Waals surface area (Å²) in [5.74, 6) is -0.345. The number of nitrogens with zero attached hydrogens (tertiary/aromatic N) is 5. The molecule has 0 fully saturated rings. The van der Waals surface area contributed by atoms with Crippen LogP contribution in [0.3, 0.4) is 0 Å². The third-order valence-electron chi connectivity index (χ3n) is 2.93. The summed E-state index contributed by atoms with van der Waals surface area (Å²) >= 11 is 11.9. The fraction of sp³-hybridized carbons (Fsp3) is 0. The van der Waals surface area contributed by atoms with E-state index in [2.05, 4.69) is 25.8 Å². The molecular weight excluding hydrogens is 351 g/mol. The van der Waals surface area contributed by atoms with E-state index in [0.717, 1.165) is 0 Å². The number of hydrazone groups is 1. The molecule has 0 atom stereocenters. The minimum atomic E-state index is -0.345. The molecule has 2 heterocycles. The topological polar surface area (TPSA) is 85.1 Å². The molecule has 120 valence electrons. The van der Waals surface area contributed by atoms with E-state index in [-0.39, 0.29) is 5.91 Å². The Morgan fingerprint density at radius 2 is 1.88 bits per heavy atom. The maximum atomic E-state index is 11.8. The Labute approximate surface area is 146 Å². The van der Waals surface area contributed by atoms with Crippen LogP contribution in [-0.4, -0.2) is 32.1 Å². The van der Waals surface area contributed by atoms with Gasteiger partial charge in [0.15, 0.2) is 0 Å². The Kier molecular flexibility index (Phi) is 4.83. The first kappa shape index (κ1) is 16.1. The lowest BCUT2D eigenvalue weighted by Gasteiger charge is -2.01. The van der Waals surface area contributed by atoms with Gasteiger partial charge in [0.1, 0.15) is 5.69 Å². The molecule has 0 unspecified atom stereocenters. The second kappa shape index (κ2) is 7.20. The van der Waals surface area contributed by atoms with Gasteiger partial charge in [0, 0.05) is 28.0 Å². The largest absolute Gasteiger partial charge is 0.271 e. The van der Waals surface area contributed by atoms with Gasteiger partial charge in [-0.1, -0.05) is 28.4 Å². The van der Waals surface area contributed by atoms with E-state index < -0.39 is 0 Å². The SMILES string of the molecule is O=C(N/N=C/c1cn(-c2cc(Cl)cc(Cl)c2)nn1)c1ccncc1. The lowest BCUT2D eigenvalue weighted by Crippen LogP contribution is -2.17. The van der Waals surface area contributed by atoms with Crippen molar-refractivity contribution >= 4 is 35.3 Å². The lowest BCUT2D eigenvalue weighted by atomic mass is 10.3. The van der Waals surface area contributed by atoms with Crippen molar-refractivity contribution in [1.82, 2.24) is 25.4 Å². The molecule has 9 heteroatoms. The predicted molar refractivity (Wildman–Crippen MR) is 90.7 cm³/mol. The van der Waals surface area contributed by atoms with Crippen molar-refractivity contribution in [3.05, 3.63) is 70.2 Å². The summed E-state index contributed by atoms with van der Waals surface area (Å²) in [5.41, 5.74) is 3.98. The molecule has 3 aromatic rings. The number of rotatable bonds is 4. The third kappa shape index (κ3) is 3.95.